The number of carbonyl (C=O) groups is 2. The molecule has 0 aliphatic heterocycles. The minimum Gasteiger partial charge on any atom is -0.478 e. The van der Waals surface area contributed by atoms with Gasteiger partial charge in [0.05, 0.1) is 5.57 Å². The topological polar surface area (TPSA) is 102 Å². The second kappa shape index (κ2) is 7.26. The molecule has 0 heterocycles. The normalized spacial score (nSPS) is 13.1. The van der Waals surface area contributed by atoms with Gasteiger partial charge in [0.15, 0.2) is 0 Å². The molecule has 0 aromatic carbocycles. The maximum Gasteiger partial charge on any atom is 0.544 e. The lowest BCUT2D eigenvalue weighted by Gasteiger charge is -2.26. The van der Waals surface area contributed by atoms with Gasteiger partial charge in [0.25, 0.3) is 0 Å². The summed E-state index contributed by atoms with van der Waals surface area (Å²) in [5.41, 5.74) is -0.248. The lowest BCUT2D eigenvalue weighted by molar-refractivity contribution is -0.136. The van der Waals surface area contributed by atoms with E-state index in [-0.39, 0.29) is 12.0 Å². The molecule has 8 heteroatoms. The first-order chi connectivity index (χ1) is 8.40. The maximum atomic E-state index is 11.3. The van der Waals surface area contributed by atoms with Crippen LogP contribution in [0.1, 0.15) is 19.8 Å². The maximum absolute atomic E-state index is 11.3. The van der Waals surface area contributed by atoms with Crippen LogP contribution in [0.2, 0.25) is 0 Å². The molecule has 0 bridgehead atoms. The Balaban J connectivity index is 6.00. The van der Waals surface area contributed by atoms with Crippen molar-refractivity contribution >= 4 is 20.7 Å². The van der Waals surface area contributed by atoms with Gasteiger partial charge in [0.2, 0.25) is 0 Å². The summed E-state index contributed by atoms with van der Waals surface area (Å²) in [5, 5.41) is 17.9. The van der Waals surface area contributed by atoms with Crippen molar-refractivity contribution in [2.75, 3.05) is 21.3 Å². The molecule has 0 fully saturated rings. The molecule has 0 aromatic heterocycles. The molecular formula is C10H18O7Si. The highest BCUT2D eigenvalue weighted by Gasteiger charge is 2.50. The average molecular weight is 278 g/mol. The predicted octanol–water partition coefficient (Wildman–Crippen LogP) is 0.670. The predicted molar refractivity (Wildman–Crippen MR) is 64.0 cm³/mol. The fourth-order valence-electron chi connectivity index (χ4n) is 1.59. The zero-order chi connectivity index (χ0) is 14.3. The molecule has 0 saturated carbocycles. The highest BCUT2D eigenvalue weighted by molar-refractivity contribution is 6.74. The number of aliphatic carboxylic acids is 2. The van der Waals surface area contributed by atoms with E-state index in [1.165, 1.54) is 21.3 Å². The Kier molecular flexibility index (Phi) is 6.77. The fourth-order valence-corrected chi connectivity index (χ4v) is 3.57. The molecule has 104 valence electrons. The number of hydrogen-bond donors (Lipinski definition) is 2. The van der Waals surface area contributed by atoms with E-state index in [9.17, 15) is 14.7 Å². The fraction of sp³-hybridized carbons (Fsp3) is 0.600. The molecule has 0 saturated heterocycles. The standard InChI is InChI=1S/C10H18O7Si/c1-5-6-7(9(11)12)8(10(13)14)18(15-2,16-3)17-4/h5-6H2,1-4H3,(H,11,12)(H,13,14)/b8-7+. The van der Waals surface area contributed by atoms with Gasteiger partial charge in [0, 0.05) is 21.3 Å². The Morgan fingerprint density at radius 1 is 1.00 bits per heavy atom. The van der Waals surface area contributed by atoms with Crippen LogP contribution < -0.4 is 0 Å². The van der Waals surface area contributed by atoms with Crippen LogP contribution in [0.25, 0.3) is 0 Å². The molecule has 0 spiro atoms. The van der Waals surface area contributed by atoms with E-state index in [1.807, 2.05) is 0 Å². The molecular weight excluding hydrogens is 260 g/mol. The Bertz CT molecular complexity index is 338. The van der Waals surface area contributed by atoms with Crippen molar-refractivity contribution in [2.24, 2.45) is 0 Å². The molecule has 7 nitrogen and oxygen atoms in total. The number of carboxylic acid groups (broad SMARTS) is 2. The number of hydrogen-bond acceptors (Lipinski definition) is 5. The number of carboxylic acids is 2. The van der Waals surface area contributed by atoms with Crippen LogP contribution in [0.5, 0.6) is 0 Å². The Morgan fingerprint density at radius 3 is 1.67 bits per heavy atom. The van der Waals surface area contributed by atoms with Crippen molar-refractivity contribution in [3.8, 4) is 0 Å². The molecule has 0 aromatic rings. The van der Waals surface area contributed by atoms with Gasteiger partial charge in [-0.15, -0.1) is 0 Å². The summed E-state index contributed by atoms with van der Waals surface area (Å²) < 4.78 is 15.1. The highest BCUT2D eigenvalue weighted by atomic mass is 28.4. The molecule has 0 rings (SSSR count). The summed E-state index contributed by atoms with van der Waals surface area (Å²) in [7, 11) is 0.0155. The minimum atomic E-state index is -3.67. The lowest BCUT2D eigenvalue weighted by atomic mass is 10.1. The first kappa shape index (κ1) is 16.8. The van der Waals surface area contributed by atoms with Crippen LogP contribution in [0.3, 0.4) is 0 Å². The molecule has 0 aliphatic rings. The molecule has 0 aliphatic carbocycles. The third-order valence-electron chi connectivity index (χ3n) is 2.39. The zero-order valence-electron chi connectivity index (χ0n) is 10.8. The second-order valence-electron chi connectivity index (χ2n) is 3.38. The quantitative estimate of drug-likeness (QED) is 0.497. The van der Waals surface area contributed by atoms with Crippen molar-refractivity contribution in [2.45, 2.75) is 19.8 Å². The number of rotatable bonds is 8. The Morgan fingerprint density at radius 2 is 1.44 bits per heavy atom. The van der Waals surface area contributed by atoms with Crippen LogP contribution in [0, 0.1) is 0 Å². The first-order valence-corrected chi connectivity index (χ1v) is 6.98. The van der Waals surface area contributed by atoms with E-state index in [2.05, 4.69) is 0 Å². The van der Waals surface area contributed by atoms with Gasteiger partial charge in [-0.05, 0) is 6.42 Å². The first-order valence-electron chi connectivity index (χ1n) is 5.25. The third-order valence-corrected chi connectivity index (χ3v) is 5.13. The van der Waals surface area contributed by atoms with Crippen LogP contribution in [-0.4, -0.2) is 52.3 Å². The molecule has 0 radical (unpaired) electrons. The monoisotopic (exact) mass is 278 g/mol. The molecule has 0 amide bonds. The molecule has 0 atom stereocenters. The van der Waals surface area contributed by atoms with E-state index in [0.717, 1.165) is 0 Å². The van der Waals surface area contributed by atoms with Gasteiger partial charge in [-0.25, -0.2) is 9.59 Å². The van der Waals surface area contributed by atoms with Crippen molar-refractivity contribution in [1.82, 2.24) is 0 Å². The highest BCUT2D eigenvalue weighted by Crippen LogP contribution is 2.24. The summed E-state index contributed by atoms with van der Waals surface area (Å²) in [6, 6.07) is 0. The minimum absolute atomic E-state index is 0.0990. The zero-order valence-corrected chi connectivity index (χ0v) is 11.8. The Hall–Kier alpha value is -1.22. The largest absolute Gasteiger partial charge is 0.544 e. The summed E-state index contributed by atoms with van der Waals surface area (Å²) >= 11 is 0. The third kappa shape index (κ3) is 3.39. The van der Waals surface area contributed by atoms with Gasteiger partial charge in [0.1, 0.15) is 5.20 Å². The molecule has 2 N–H and O–H groups in total. The van der Waals surface area contributed by atoms with Crippen LogP contribution in [-0.2, 0) is 22.9 Å². The van der Waals surface area contributed by atoms with Gasteiger partial charge in [-0.1, -0.05) is 13.3 Å². The SMILES string of the molecule is CCC/C(C(=O)O)=C(/C(=O)O)[Si](OC)(OC)OC. The van der Waals surface area contributed by atoms with Gasteiger partial charge in [-0.2, -0.15) is 0 Å². The summed E-state index contributed by atoms with van der Waals surface area (Å²) in [6.07, 6.45) is 0.585. The van der Waals surface area contributed by atoms with Gasteiger partial charge < -0.3 is 23.5 Å². The second-order valence-corrected chi connectivity index (χ2v) is 6.22. The van der Waals surface area contributed by atoms with E-state index in [1.54, 1.807) is 6.92 Å². The van der Waals surface area contributed by atoms with E-state index >= 15 is 0 Å². The van der Waals surface area contributed by atoms with Crippen LogP contribution in [0.4, 0.5) is 0 Å². The Labute approximate surface area is 106 Å². The van der Waals surface area contributed by atoms with E-state index < -0.39 is 25.9 Å². The summed E-state index contributed by atoms with van der Waals surface area (Å²) in [4.78, 5) is 22.5. The summed E-state index contributed by atoms with van der Waals surface area (Å²) in [6.45, 7) is 1.75. The van der Waals surface area contributed by atoms with Gasteiger partial charge in [-0.3, -0.25) is 0 Å². The lowest BCUT2D eigenvalue weighted by Crippen LogP contribution is -2.49. The van der Waals surface area contributed by atoms with Gasteiger partial charge >= 0.3 is 20.7 Å². The molecule has 18 heavy (non-hydrogen) atoms. The van der Waals surface area contributed by atoms with Crippen molar-refractivity contribution in [3.63, 3.8) is 0 Å². The van der Waals surface area contributed by atoms with Crippen molar-refractivity contribution < 1.29 is 33.1 Å². The smallest absolute Gasteiger partial charge is 0.478 e. The van der Waals surface area contributed by atoms with E-state index in [0.29, 0.717) is 6.42 Å². The van der Waals surface area contributed by atoms with Crippen LogP contribution >= 0.6 is 0 Å². The average Bonchev–Trinajstić information content (AvgIpc) is 2.33. The van der Waals surface area contributed by atoms with E-state index in [4.69, 9.17) is 18.4 Å². The molecule has 0 unspecified atom stereocenters. The van der Waals surface area contributed by atoms with Crippen molar-refractivity contribution in [3.05, 3.63) is 10.8 Å². The van der Waals surface area contributed by atoms with Crippen LogP contribution in [0.15, 0.2) is 10.8 Å². The summed E-state index contributed by atoms with van der Waals surface area (Å²) in [5.74, 6) is -2.71. The van der Waals surface area contributed by atoms with Crippen molar-refractivity contribution in [1.29, 1.82) is 0 Å².